The molecule has 0 aliphatic carbocycles. The van der Waals surface area contributed by atoms with Crippen LogP contribution in [0.4, 0.5) is 5.00 Å². The molecule has 3 rings (SSSR count). The number of anilines is 1. The highest BCUT2D eigenvalue weighted by Gasteiger charge is 2.27. The number of hydrogen-bond acceptors (Lipinski definition) is 10. The van der Waals surface area contributed by atoms with Gasteiger partial charge < -0.3 is 19.2 Å². The molecule has 0 aliphatic heterocycles. The van der Waals surface area contributed by atoms with Crippen molar-refractivity contribution in [2.45, 2.75) is 32.0 Å². The summed E-state index contributed by atoms with van der Waals surface area (Å²) in [7, 11) is 2.47. The summed E-state index contributed by atoms with van der Waals surface area (Å²) in [6.07, 6.45) is 0. The molecule has 0 saturated carbocycles. The Morgan fingerprint density at radius 3 is 2.48 bits per heavy atom. The number of hydrogen-bond donors (Lipinski definition) is 1. The normalized spacial score (nSPS) is 11.0. The summed E-state index contributed by atoms with van der Waals surface area (Å²) >= 11 is 5.42. The molecule has 0 aromatic carbocycles. The maximum absolute atomic E-state index is 12.7. The summed E-state index contributed by atoms with van der Waals surface area (Å²) in [5.74, 6) is -0.550. The Morgan fingerprint density at radius 1 is 1.21 bits per heavy atom. The highest BCUT2D eigenvalue weighted by Crippen LogP contribution is 2.35. The van der Waals surface area contributed by atoms with E-state index in [1.807, 2.05) is 18.4 Å². The Hall–Kier alpha value is -2.64. The van der Waals surface area contributed by atoms with Crippen LogP contribution >= 0.6 is 39.0 Å². The Kier molecular flexibility index (Phi) is 7.97. The fraction of sp³-hybridized carbons (Fsp3) is 0.350. The maximum atomic E-state index is 12.7. The maximum Gasteiger partial charge on any atom is 0.348 e. The number of carbonyl (C=O) groups excluding carboxylic acids is 3. The van der Waals surface area contributed by atoms with E-state index in [4.69, 9.17) is 13.9 Å². The quantitative estimate of drug-likeness (QED) is 0.314. The van der Waals surface area contributed by atoms with Crippen LogP contribution in [0.15, 0.2) is 26.4 Å². The van der Waals surface area contributed by atoms with E-state index in [0.717, 1.165) is 11.3 Å². The average Bonchev–Trinajstić information content (AvgIpc) is 3.48. The first kappa shape index (κ1) is 25.0. The number of rotatable bonds is 8. The molecule has 176 valence electrons. The molecule has 33 heavy (non-hydrogen) atoms. The minimum atomic E-state index is -0.657. The first-order chi connectivity index (χ1) is 15.7. The lowest BCUT2D eigenvalue weighted by Crippen LogP contribution is -2.16. The number of thiophene rings is 1. The number of aromatic nitrogens is 3. The van der Waals surface area contributed by atoms with Gasteiger partial charge in [0.1, 0.15) is 9.88 Å². The number of furan rings is 1. The van der Waals surface area contributed by atoms with Crippen LogP contribution in [0.5, 0.6) is 0 Å². The number of methoxy groups -OCH3 is 2. The van der Waals surface area contributed by atoms with Gasteiger partial charge in [0.15, 0.2) is 15.6 Å². The van der Waals surface area contributed by atoms with Gasteiger partial charge >= 0.3 is 11.9 Å². The number of halogens is 1. The zero-order chi connectivity index (χ0) is 24.3. The Morgan fingerprint density at radius 2 is 1.91 bits per heavy atom. The summed E-state index contributed by atoms with van der Waals surface area (Å²) in [6, 6.07) is 3.55. The van der Waals surface area contributed by atoms with Gasteiger partial charge in [-0.25, -0.2) is 9.59 Å². The predicted molar refractivity (Wildman–Crippen MR) is 127 cm³/mol. The number of carbonyl (C=O) groups is 3. The number of nitrogens with zero attached hydrogens (tertiary/aromatic N) is 3. The van der Waals surface area contributed by atoms with Crippen LogP contribution in [0.25, 0.3) is 11.6 Å². The fourth-order valence-corrected chi connectivity index (χ4v) is 5.28. The summed E-state index contributed by atoms with van der Waals surface area (Å²) in [5.41, 5.74) is 0.507. The lowest BCUT2D eigenvalue weighted by atomic mass is 10.1. The molecule has 0 fully saturated rings. The molecule has 1 N–H and O–H groups in total. The van der Waals surface area contributed by atoms with Gasteiger partial charge in [-0.15, -0.1) is 21.5 Å². The summed E-state index contributed by atoms with van der Waals surface area (Å²) < 4.78 is 17.6. The number of ether oxygens (including phenoxy) is 2. The molecule has 0 spiro atoms. The van der Waals surface area contributed by atoms with E-state index < -0.39 is 11.9 Å². The van der Waals surface area contributed by atoms with E-state index >= 15 is 0 Å². The van der Waals surface area contributed by atoms with Crippen LogP contribution < -0.4 is 5.32 Å². The summed E-state index contributed by atoms with van der Waals surface area (Å²) in [6.45, 7) is 5.54. The van der Waals surface area contributed by atoms with Crippen LogP contribution in [-0.2, 0) is 14.3 Å². The van der Waals surface area contributed by atoms with E-state index in [1.165, 1.54) is 26.0 Å². The van der Waals surface area contributed by atoms with Crippen molar-refractivity contribution in [2.75, 3.05) is 25.3 Å². The van der Waals surface area contributed by atoms with Crippen molar-refractivity contribution < 1.29 is 28.3 Å². The molecule has 0 atom stereocenters. The van der Waals surface area contributed by atoms with Gasteiger partial charge in [0.2, 0.25) is 11.7 Å². The van der Waals surface area contributed by atoms with Crippen molar-refractivity contribution in [1.82, 2.24) is 14.8 Å². The summed E-state index contributed by atoms with van der Waals surface area (Å²) in [4.78, 5) is 37.2. The summed E-state index contributed by atoms with van der Waals surface area (Å²) in [5, 5.41) is 11.9. The van der Waals surface area contributed by atoms with Gasteiger partial charge in [0.05, 0.1) is 25.5 Å². The van der Waals surface area contributed by atoms with Crippen molar-refractivity contribution >= 4 is 61.9 Å². The van der Waals surface area contributed by atoms with E-state index in [1.54, 1.807) is 19.1 Å². The number of nitrogens with one attached hydrogen (secondary N) is 1. The fourth-order valence-electron chi connectivity index (χ4n) is 2.97. The smallest absolute Gasteiger partial charge is 0.348 e. The third-order valence-electron chi connectivity index (χ3n) is 4.47. The van der Waals surface area contributed by atoms with Crippen LogP contribution in [0.3, 0.4) is 0 Å². The van der Waals surface area contributed by atoms with E-state index in [0.29, 0.717) is 27.0 Å². The Labute approximate surface area is 206 Å². The van der Waals surface area contributed by atoms with Gasteiger partial charge in [0.25, 0.3) is 0 Å². The monoisotopic (exact) mass is 556 g/mol. The Bertz CT molecular complexity index is 1200. The topological polar surface area (TPSA) is 126 Å². The molecule has 0 aliphatic rings. The van der Waals surface area contributed by atoms with Gasteiger partial charge in [-0.05, 0) is 54.4 Å². The lowest BCUT2D eigenvalue weighted by molar-refractivity contribution is -0.113. The molecule has 3 aromatic rings. The first-order valence-electron chi connectivity index (χ1n) is 9.61. The third kappa shape index (κ3) is 5.31. The van der Waals surface area contributed by atoms with Crippen molar-refractivity contribution in [3.8, 4) is 11.6 Å². The second-order valence-corrected chi connectivity index (χ2v) is 9.70. The molecule has 13 heteroatoms. The number of amides is 1. The standard InChI is InChI=1S/C20H21BrN4O6S2/c1-9(2)25-16(11-6-7-12(21)31-11)23-24-20(25)32-8-13(26)22-17-14(18(27)29-4)10(3)15(33-17)19(28)30-5/h6-7,9H,8H2,1-5H3,(H,22,26). The molecular formula is C20H21BrN4O6S2. The van der Waals surface area contributed by atoms with Crippen LogP contribution in [-0.4, -0.2) is 52.6 Å². The molecule has 10 nitrogen and oxygen atoms in total. The molecule has 0 saturated heterocycles. The average molecular weight is 557 g/mol. The third-order valence-corrected chi connectivity index (χ3v) is 7.02. The minimum Gasteiger partial charge on any atom is -0.465 e. The second-order valence-electron chi connectivity index (χ2n) is 6.95. The van der Waals surface area contributed by atoms with Crippen molar-refractivity contribution in [3.63, 3.8) is 0 Å². The molecule has 1 amide bonds. The highest BCUT2D eigenvalue weighted by atomic mass is 79.9. The van der Waals surface area contributed by atoms with Gasteiger partial charge in [-0.2, -0.15) is 0 Å². The lowest BCUT2D eigenvalue weighted by Gasteiger charge is -2.12. The van der Waals surface area contributed by atoms with Crippen LogP contribution in [0.1, 0.15) is 45.5 Å². The van der Waals surface area contributed by atoms with E-state index in [-0.39, 0.29) is 33.1 Å². The van der Waals surface area contributed by atoms with Crippen molar-refractivity contribution in [1.29, 1.82) is 0 Å². The second kappa shape index (κ2) is 10.5. The molecular weight excluding hydrogens is 536 g/mol. The molecule has 0 bridgehead atoms. The van der Waals surface area contributed by atoms with E-state index in [2.05, 4.69) is 31.4 Å². The first-order valence-corrected chi connectivity index (χ1v) is 12.2. The molecule has 0 unspecified atom stereocenters. The molecule has 3 aromatic heterocycles. The zero-order valence-electron chi connectivity index (χ0n) is 18.4. The number of thioether (sulfide) groups is 1. The predicted octanol–water partition coefficient (Wildman–Crippen LogP) is 4.56. The van der Waals surface area contributed by atoms with E-state index in [9.17, 15) is 14.4 Å². The van der Waals surface area contributed by atoms with Crippen molar-refractivity contribution in [2.24, 2.45) is 0 Å². The zero-order valence-corrected chi connectivity index (χ0v) is 21.6. The van der Waals surface area contributed by atoms with Gasteiger partial charge in [-0.1, -0.05) is 11.8 Å². The number of esters is 2. The van der Waals surface area contributed by atoms with Crippen LogP contribution in [0.2, 0.25) is 0 Å². The SMILES string of the molecule is COC(=O)c1sc(NC(=O)CSc2nnc(-c3ccc(Br)o3)n2C(C)C)c(C(=O)OC)c1C. The van der Waals surface area contributed by atoms with Gasteiger partial charge in [0, 0.05) is 6.04 Å². The minimum absolute atomic E-state index is 0.00216. The largest absolute Gasteiger partial charge is 0.465 e. The van der Waals surface area contributed by atoms with Gasteiger partial charge in [-0.3, -0.25) is 9.36 Å². The molecule has 0 radical (unpaired) electrons. The van der Waals surface area contributed by atoms with Crippen molar-refractivity contribution in [3.05, 3.63) is 32.8 Å². The Balaban J connectivity index is 1.79. The molecule has 3 heterocycles. The van der Waals surface area contributed by atoms with Crippen LogP contribution in [0, 0.1) is 6.92 Å². The highest BCUT2D eigenvalue weighted by molar-refractivity contribution is 9.10.